The number of hydrogen-bond acceptors (Lipinski definition) is 4. The molecule has 17 heavy (non-hydrogen) atoms. The van der Waals surface area contributed by atoms with Crippen LogP contribution in [-0.2, 0) is 6.54 Å². The van der Waals surface area contributed by atoms with E-state index in [0.29, 0.717) is 18.9 Å². The van der Waals surface area contributed by atoms with Crippen molar-refractivity contribution in [2.45, 2.75) is 20.4 Å². The van der Waals surface area contributed by atoms with Crippen molar-refractivity contribution in [3.8, 4) is 0 Å². The van der Waals surface area contributed by atoms with Crippen LogP contribution < -0.4 is 0 Å². The molecule has 0 aromatic carbocycles. The number of amides is 1. The number of hydrogen-bond donors (Lipinski definition) is 1. The molecule has 2 aromatic rings. The van der Waals surface area contributed by atoms with Gasteiger partial charge >= 0.3 is 0 Å². The Labute approximate surface area is 103 Å². The summed E-state index contributed by atoms with van der Waals surface area (Å²) >= 11 is 1.64. The Bertz CT molecular complexity index is 491. The minimum atomic E-state index is -0.134. The van der Waals surface area contributed by atoms with Gasteiger partial charge in [0.25, 0.3) is 5.91 Å². The van der Waals surface area contributed by atoms with E-state index in [9.17, 15) is 4.79 Å². The molecule has 1 amide bonds. The number of aromatic nitrogens is 3. The van der Waals surface area contributed by atoms with E-state index in [1.807, 2.05) is 24.4 Å². The molecule has 2 heterocycles. The van der Waals surface area contributed by atoms with E-state index in [1.54, 1.807) is 23.2 Å². The average molecular weight is 250 g/mol. The van der Waals surface area contributed by atoms with Crippen LogP contribution in [0.3, 0.4) is 0 Å². The topological polar surface area (TPSA) is 61.9 Å². The normalized spacial score (nSPS) is 10.5. The molecule has 2 aromatic heterocycles. The zero-order valence-corrected chi connectivity index (χ0v) is 10.6. The Kier molecular flexibility index (Phi) is 3.53. The molecule has 2 rings (SSSR count). The van der Waals surface area contributed by atoms with Gasteiger partial charge in [0.1, 0.15) is 5.82 Å². The van der Waals surface area contributed by atoms with E-state index >= 15 is 0 Å². The van der Waals surface area contributed by atoms with Crippen molar-refractivity contribution in [1.82, 2.24) is 20.1 Å². The summed E-state index contributed by atoms with van der Waals surface area (Å²) in [7, 11) is 0. The standard InChI is InChI=1S/C11H14N4OS/c1-3-15(7-9-5-4-6-17-9)11(16)10-12-8(2)13-14-10/h4-6H,3,7H2,1-2H3,(H,12,13,14). The van der Waals surface area contributed by atoms with Gasteiger partial charge in [-0.05, 0) is 25.3 Å². The largest absolute Gasteiger partial charge is 0.331 e. The predicted octanol–water partition coefficient (Wildman–Crippen LogP) is 1.84. The van der Waals surface area contributed by atoms with E-state index in [-0.39, 0.29) is 11.7 Å². The molecule has 0 aliphatic carbocycles. The quantitative estimate of drug-likeness (QED) is 0.900. The number of nitrogens with zero attached hydrogens (tertiary/aromatic N) is 3. The summed E-state index contributed by atoms with van der Waals surface area (Å²) in [6.07, 6.45) is 0. The van der Waals surface area contributed by atoms with Crippen LogP contribution in [0, 0.1) is 6.92 Å². The van der Waals surface area contributed by atoms with Crippen LogP contribution in [0.15, 0.2) is 17.5 Å². The third kappa shape index (κ3) is 2.71. The van der Waals surface area contributed by atoms with Crippen molar-refractivity contribution in [3.05, 3.63) is 34.0 Å². The Balaban J connectivity index is 2.10. The highest BCUT2D eigenvalue weighted by atomic mass is 32.1. The number of nitrogens with one attached hydrogen (secondary N) is 1. The van der Waals surface area contributed by atoms with Gasteiger partial charge in [0.05, 0.1) is 6.54 Å². The lowest BCUT2D eigenvalue weighted by Crippen LogP contribution is -2.30. The molecule has 0 radical (unpaired) electrons. The summed E-state index contributed by atoms with van der Waals surface area (Å²) in [6, 6.07) is 4.00. The maximum Gasteiger partial charge on any atom is 0.293 e. The smallest absolute Gasteiger partial charge is 0.293 e. The highest BCUT2D eigenvalue weighted by Gasteiger charge is 2.18. The molecule has 0 unspecified atom stereocenters. The Morgan fingerprint density at radius 2 is 2.41 bits per heavy atom. The third-order valence-corrected chi connectivity index (χ3v) is 3.25. The molecule has 0 aliphatic rings. The number of carbonyl (C=O) groups excluding carboxylic acids is 1. The van der Waals surface area contributed by atoms with E-state index < -0.39 is 0 Å². The molecule has 5 nitrogen and oxygen atoms in total. The zero-order chi connectivity index (χ0) is 12.3. The van der Waals surface area contributed by atoms with Crippen molar-refractivity contribution in [3.63, 3.8) is 0 Å². The number of rotatable bonds is 4. The van der Waals surface area contributed by atoms with Gasteiger partial charge in [-0.3, -0.25) is 9.89 Å². The lowest BCUT2D eigenvalue weighted by Gasteiger charge is -2.18. The van der Waals surface area contributed by atoms with Gasteiger partial charge in [-0.15, -0.1) is 16.4 Å². The van der Waals surface area contributed by atoms with Crippen LogP contribution in [-0.4, -0.2) is 32.5 Å². The minimum Gasteiger partial charge on any atom is -0.331 e. The molecule has 0 bridgehead atoms. The fourth-order valence-corrected chi connectivity index (χ4v) is 2.22. The Morgan fingerprint density at radius 1 is 1.59 bits per heavy atom. The molecule has 0 saturated carbocycles. The first-order valence-corrected chi connectivity index (χ1v) is 6.29. The Hall–Kier alpha value is -1.69. The summed E-state index contributed by atoms with van der Waals surface area (Å²) in [5.41, 5.74) is 0. The second-order valence-corrected chi connectivity index (χ2v) is 4.68. The second kappa shape index (κ2) is 5.09. The second-order valence-electron chi connectivity index (χ2n) is 3.64. The van der Waals surface area contributed by atoms with Crippen molar-refractivity contribution in [1.29, 1.82) is 0 Å². The number of aromatic amines is 1. The van der Waals surface area contributed by atoms with Gasteiger partial charge in [0.15, 0.2) is 0 Å². The summed E-state index contributed by atoms with van der Waals surface area (Å²) in [5.74, 6) is 0.756. The van der Waals surface area contributed by atoms with Gasteiger partial charge in [-0.2, -0.15) is 0 Å². The fourth-order valence-electron chi connectivity index (χ4n) is 1.50. The molecule has 6 heteroatoms. The number of thiophene rings is 1. The lowest BCUT2D eigenvalue weighted by molar-refractivity contribution is 0.0742. The van der Waals surface area contributed by atoms with Crippen LogP contribution in [0.25, 0.3) is 0 Å². The highest BCUT2D eigenvalue weighted by Crippen LogP contribution is 2.13. The fraction of sp³-hybridized carbons (Fsp3) is 0.364. The summed E-state index contributed by atoms with van der Waals surface area (Å²) in [4.78, 5) is 19.0. The molecular formula is C11H14N4OS. The first-order valence-electron chi connectivity index (χ1n) is 5.41. The van der Waals surface area contributed by atoms with E-state index in [1.165, 1.54) is 0 Å². The maximum absolute atomic E-state index is 12.1. The van der Waals surface area contributed by atoms with Crippen molar-refractivity contribution in [2.24, 2.45) is 0 Å². The minimum absolute atomic E-state index is 0.134. The van der Waals surface area contributed by atoms with Crippen molar-refractivity contribution < 1.29 is 4.79 Å². The first kappa shape index (κ1) is 11.8. The Morgan fingerprint density at radius 3 is 2.94 bits per heavy atom. The van der Waals surface area contributed by atoms with Gasteiger partial charge in [-0.1, -0.05) is 6.07 Å². The van der Waals surface area contributed by atoms with Crippen LogP contribution in [0.1, 0.15) is 28.2 Å². The van der Waals surface area contributed by atoms with Crippen LogP contribution in [0.4, 0.5) is 0 Å². The highest BCUT2D eigenvalue weighted by molar-refractivity contribution is 7.09. The average Bonchev–Trinajstić information content (AvgIpc) is 2.96. The van der Waals surface area contributed by atoms with Gasteiger partial charge < -0.3 is 4.90 Å². The molecule has 90 valence electrons. The lowest BCUT2D eigenvalue weighted by atomic mass is 10.4. The monoisotopic (exact) mass is 250 g/mol. The van der Waals surface area contributed by atoms with Crippen LogP contribution in [0.2, 0.25) is 0 Å². The van der Waals surface area contributed by atoms with Crippen molar-refractivity contribution >= 4 is 17.2 Å². The van der Waals surface area contributed by atoms with Crippen molar-refractivity contribution in [2.75, 3.05) is 6.54 Å². The molecule has 1 N–H and O–H groups in total. The summed E-state index contributed by atoms with van der Waals surface area (Å²) in [6.45, 7) is 4.98. The molecule has 0 saturated heterocycles. The maximum atomic E-state index is 12.1. The van der Waals surface area contributed by atoms with Gasteiger partial charge in [0.2, 0.25) is 5.82 Å². The molecule has 0 atom stereocenters. The predicted molar refractivity (Wildman–Crippen MR) is 65.9 cm³/mol. The van der Waals surface area contributed by atoms with Gasteiger partial charge in [0, 0.05) is 11.4 Å². The van der Waals surface area contributed by atoms with E-state index in [0.717, 1.165) is 4.88 Å². The summed E-state index contributed by atoms with van der Waals surface area (Å²) in [5, 5.41) is 8.58. The van der Waals surface area contributed by atoms with Crippen LogP contribution >= 0.6 is 11.3 Å². The number of carbonyl (C=O) groups is 1. The SMILES string of the molecule is CCN(Cc1cccs1)C(=O)c1n[nH]c(C)n1. The molecule has 0 fully saturated rings. The van der Waals surface area contributed by atoms with Gasteiger partial charge in [-0.25, -0.2) is 4.98 Å². The van der Waals surface area contributed by atoms with E-state index in [2.05, 4.69) is 15.2 Å². The number of H-pyrrole nitrogens is 1. The molecule has 0 aliphatic heterocycles. The zero-order valence-electron chi connectivity index (χ0n) is 9.80. The van der Waals surface area contributed by atoms with Crippen LogP contribution in [0.5, 0.6) is 0 Å². The first-order chi connectivity index (χ1) is 8.20. The van der Waals surface area contributed by atoms with E-state index in [4.69, 9.17) is 0 Å². The summed E-state index contributed by atoms with van der Waals surface area (Å²) < 4.78 is 0. The third-order valence-electron chi connectivity index (χ3n) is 2.38. The molecular weight excluding hydrogens is 236 g/mol. The molecule has 0 spiro atoms. The number of aryl methyl sites for hydroxylation is 1.